The van der Waals surface area contributed by atoms with E-state index in [1.54, 1.807) is 7.11 Å². The Morgan fingerprint density at radius 1 is 1.13 bits per heavy atom. The Kier molecular flexibility index (Phi) is 3.84. The van der Waals surface area contributed by atoms with Crippen LogP contribution in [0.5, 0.6) is 0 Å². The number of rotatable bonds is 4. The fourth-order valence-electron chi connectivity index (χ4n) is 5.92. The number of amides is 2. The zero-order chi connectivity index (χ0) is 16.2. The average Bonchev–Trinajstić information content (AvgIpc) is 2.48. The topological polar surface area (TPSA) is 67.6 Å². The molecule has 0 heterocycles. The van der Waals surface area contributed by atoms with Crippen molar-refractivity contribution in [2.24, 2.45) is 29.4 Å². The number of carbonyl (C=O) groups excluding carboxylic acids is 1. The molecule has 0 saturated heterocycles. The van der Waals surface area contributed by atoms with Crippen LogP contribution in [0.2, 0.25) is 0 Å². The molecule has 5 nitrogen and oxygen atoms in total. The minimum Gasteiger partial charge on any atom is -0.381 e. The van der Waals surface area contributed by atoms with Crippen LogP contribution >= 0.6 is 0 Å². The largest absolute Gasteiger partial charge is 0.381 e. The van der Waals surface area contributed by atoms with Crippen LogP contribution in [0.15, 0.2) is 0 Å². The SMILES string of the molecule is COC1CC(N(C)C(=O)NCC2(N)C3CC4CC(C3)CC2C4)C1. The number of nitrogens with zero attached hydrogens (tertiary/aromatic N) is 1. The summed E-state index contributed by atoms with van der Waals surface area (Å²) in [5.74, 6) is 3.05. The summed E-state index contributed by atoms with van der Waals surface area (Å²) in [7, 11) is 3.64. The van der Waals surface area contributed by atoms with Gasteiger partial charge in [0.25, 0.3) is 0 Å². The van der Waals surface area contributed by atoms with Gasteiger partial charge in [0.05, 0.1) is 6.10 Å². The van der Waals surface area contributed by atoms with Crippen LogP contribution in [0.3, 0.4) is 0 Å². The van der Waals surface area contributed by atoms with Gasteiger partial charge in [-0.1, -0.05) is 0 Å². The van der Waals surface area contributed by atoms with Crippen LogP contribution in [0.4, 0.5) is 4.79 Å². The molecule has 0 aliphatic heterocycles. The van der Waals surface area contributed by atoms with Gasteiger partial charge >= 0.3 is 6.03 Å². The number of methoxy groups -OCH3 is 1. The van der Waals surface area contributed by atoms with Crippen LogP contribution in [-0.4, -0.2) is 49.3 Å². The highest BCUT2D eigenvalue weighted by molar-refractivity contribution is 5.74. The van der Waals surface area contributed by atoms with Crippen LogP contribution in [0.1, 0.15) is 44.9 Å². The predicted octanol–water partition coefficient (Wildman–Crippen LogP) is 1.96. The Morgan fingerprint density at radius 3 is 2.22 bits per heavy atom. The predicted molar refractivity (Wildman–Crippen MR) is 88.9 cm³/mol. The Bertz CT molecular complexity index is 447. The van der Waals surface area contributed by atoms with E-state index in [-0.39, 0.29) is 11.6 Å². The van der Waals surface area contributed by atoms with E-state index in [9.17, 15) is 4.79 Å². The molecule has 0 atom stereocenters. The summed E-state index contributed by atoms with van der Waals surface area (Å²) in [6.45, 7) is 0.644. The molecule has 2 amide bonds. The molecule has 0 aromatic rings. The summed E-state index contributed by atoms with van der Waals surface area (Å²) < 4.78 is 5.30. The zero-order valence-electron chi connectivity index (χ0n) is 14.5. The van der Waals surface area contributed by atoms with Gasteiger partial charge in [0, 0.05) is 32.3 Å². The third-order valence-electron chi connectivity index (χ3n) is 7.48. The second-order valence-corrected chi connectivity index (χ2v) is 8.67. The Morgan fingerprint density at radius 2 is 1.70 bits per heavy atom. The van der Waals surface area contributed by atoms with Crippen LogP contribution in [-0.2, 0) is 4.74 Å². The molecule has 5 heteroatoms. The van der Waals surface area contributed by atoms with E-state index in [1.807, 2.05) is 11.9 Å². The molecule has 0 unspecified atom stereocenters. The van der Waals surface area contributed by atoms with Gasteiger partial charge in [0.1, 0.15) is 0 Å². The Hall–Kier alpha value is -0.810. The summed E-state index contributed by atoms with van der Waals surface area (Å²) in [6.07, 6.45) is 8.79. The normalized spacial score (nSPS) is 47.3. The van der Waals surface area contributed by atoms with E-state index in [2.05, 4.69) is 5.32 Å². The number of nitrogens with two attached hydrogens (primary N) is 1. The van der Waals surface area contributed by atoms with Crippen molar-refractivity contribution in [1.82, 2.24) is 10.2 Å². The highest BCUT2D eigenvalue weighted by Gasteiger charge is 2.55. The van der Waals surface area contributed by atoms with Gasteiger partial charge in [-0.25, -0.2) is 4.79 Å². The number of hydrogen-bond donors (Lipinski definition) is 2. The van der Waals surface area contributed by atoms with Crippen molar-refractivity contribution in [3.8, 4) is 0 Å². The molecule has 4 bridgehead atoms. The Balaban J connectivity index is 1.33. The van der Waals surface area contributed by atoms with E-state index < -0.39 is 0 Å². The van der Waals surface area contributed by atoms with Gasteiger partial charge in [0.2, 0.25) is 0 Å². The Labute approximate surface area is 139 Å². The molecule has 5 aliphatic rings. The van der Waals surface area contributed by atoms with Crippen molar-refractivity contribution in [2.75, 3.05) is 20.7 Å². The van der Waals surface area contributed by atoms with Crippen molar-refractivity contribution in [2.45, 2.75) is 62.6 Å². The summed E-state index contributed by atoms with van der Waals surface area (Å²) >= 11 is 0. The molecule has 3 N–H and O–H groups in total. The maximum atomic E-state index is 12.5. The summed E-state index contributed by atoms with van der Waals surface area (Å²) in [4.78, 5) is 14.3. The van der Waals surface area contributed by atoms with Crippen molar-refractivity contribution in [3.63, 3.8) is 0 Å². The van der Waals surface area contributed by atoms with Gasteiger partial charge in [-0.2, -0.15) is 0 Å². The number of urea groups is 1. The lowest BCUT2D eigenvalue weighted by atomic mass is 9.49. The van der Waals surface area contributed by atoms with Gasteiger partial charge < -0.3 is 20.7 Å². The first kappa shape index (κ1) is 15.7. The monoisotopic (exact) mass is 321 g/mol. The van der Waals surface area contributed by atoms with E-state index in [0.717, 1.165) is 24.7 Å². The van der Waals surface area contributed by atoms with Gasteiger partial charge in [-0.3, -0.25) is 0 Å². The third kappa shape index (κ3) is 2.56. The van der Waals surface area contributed by atoms with Crippen molar-refractivity contribution < 1.29 is 9.53 Å². The third-order valence-corrected chi connectivity index (χ3v) is 7.48. The number of hydrogen-bond acceptors (Lipinski definition) is 3. The van der Waals surface area contributed by atoms with E-state index in [0.29, 0.717) is 30.5 Å². The fraction of sp³-hybridized carbons (Fsp3) is 0.944. The highest BCUT2D eigenvalue weighted by atomic mass is 16.5. The maximum absolute atomic E-state index is 12.5. The van der Waals surface area contributed by atoms with Crippen molar-refractivity contribution in [1.29, 1.82) is 0 Å². The molecule has 5 fully saturated rings. The fourth-order valence-corrected chi connectivity index (χ4v) is 5.92. The average molecular weight is 321 g/mol. The molecule has 0 aromatic carbocycles. The second-order valence-electron chi connectivity index (χ2n) is 8.67. The van der Waals surface area contributed by atoms with E-state index >= 15 is 0 Å². The van der Waals surface area contributed by atoms with Crippen LogP contribution in [0.25, 0.3) is 0 Å². The van der Waals surface area contributed by atoms with E-state index in [4.69, 9.17) is 10.5 Å². The second kappa shape index (κ2) is 5.62. The molecular formula is C18H31N3O2. The van der Waals surface area contributed by atoms with Crippen molar-refractivity contribution in [3.05, 3.63) is 0 Å². The molecule has 0 aromatic heterocycles. The number of nitrogens with one attached hydrogen (secondary N) is 1. The minimum atomic E-state index is -0.168. The maximum Gasteiger partial charge on any atom is 0.317 e. The van der Waals surface area contributed by atoms with E-state index in [1.165, 1.54) is 32.1 Å². The minimum absolute atomic E-state index is 0.0307. The van der Waals surface area contributed by atoms with Gasteiger partial charge in [-0.05, 0) is 68.6 Å². The molecule has 23 heavy (non-hydrogen) atoms. The molecule has 130 valence electrons. The first-order valence-electron chi connectivity index (χ1n) is 9.32. The molecule has 5 rings (SSSR count). The number of carbonyl (C=O) groups is 1. The summed E-state index contributed by atoms with van der Waals surface area (Å²) in [5, 5.41) is 3.15. The first-order valence-corrected chi connectivity index (χ1v) is 9.32. The lowest BCUT2D eigenvalue weighted by molar-refractivity contribution is -0.0538. The van der Waals surface area contributed by atoms with Gasteiger partial charge in [-0.15, -0.1) is 0 Å². The molecule has 0 spiro atoms. The lowest BCUT2D eigenvalue weighted by Crippen LogP contribution is -2.68. The van der Waals surface area contributed by atoms with Crippen molar-refractivity contribution >= 4 is 6.03 Å². The molecular weight excluding hydrogens is 290 g/mol. The lowest BCUT2D eigenvalue weighted by Gasteiger charge is -2.60. The first-order chi connectivity index (χ1) is 11.0. The standard InChI is InChI=1S/C18H31N3O2/c1-21(15-8-16(9-15)23-2)17(22)20-10-18(19)13-4-11-3-12(6-13)7-14(18)5-11/h11-16H,3-10,19H2,1-2H3,(H,20,22). The zero-order valence-corrected chi connectivity index (χ0v) is 14.5. The smallest absolute Gasteiger partial charge is 0.317 e. The molecule has 5 aliphatic carbocycles. The van der Waals surface area contributed by atoms with Gasteiger partial charge in [0.15, 0.2) is 0 Å². The summed E-state index contributed by atoms with van der Waals surface area (Å²) in [5.41, 5.74) is 6.68. The molecule has 5 saturated carbocycles. The highest BCUT2D eigenvalue weighted by Crippen LogP contribution is 2.57. The molecule has 0 radical (unpaired) electrons. The quantitative estimate of drug-likeness (QED) is 0.832. The number of ether oxygens (including phenoxy) is 1. The van der Waals surface area contributed by atoms with Crippen LogP contribution in [0, 0.1) is 23.7 Å². The summed E-state index contributed by atoms with van der Waals surface area (Å²) in [6, 6.07) is 0.343. The van der Waals surface area contributed by atoms with Crippen LogP contribution < -0.4 is 11.1 Å².